The van der Waals surface area contributed by atoms with Crippen molar-refractivity contribution in [3.05, 3.63) is 69.0 Å². The fourth-order valence-corrected chi connectivity index (χ4v) is 3.45. The number of aromatic nitrogens is 4. The molecule has 0 spiro atoms. The van der Waals surface area contributed by atoms with Crippen LogP contribution in [0.25, 0.3) is 0 Å². The summed E-state index contributed by atoms with van der Waals surface area (Å²) in [5, 5.41) is 12.9. The highest BCUT2D eigenvalue weighted by Crippen LogP contribution is 2.29. The Hall–Kier alpha value is -3.46. The lowest BCUT2D eigenvalue weighted by Gasteiger charge is -2.09. The highest BCUT2D eigenvalue weighted by Gasteiger charge is 2.23. The van der Waals surface area contributed by atoms with Crippen molar-refractivity contribution in [3.63, 3.8) is 0 Å². The number of amides is 1. The zero-order chi connectivity index (χ0) is 21.7. The summed E-state index contributed by atoms with van der Waals surface area (Å²) >= 11 is 0. The van der Waals surface area contributed by atoms with Gasteiger partial charge in [-0.2, -0.15) is 5.10 Å². The van der Waals surface area contributed by atoms with Crippen LogP contribution in [0.2, 0.25) is 0 Å². The minimum absolute atomic E-state index is 0.198. The van der Waals surface area contributed by atoms with Crippen molar-refractivity contribution in [3.8, 4) is 0 Å². The Morgan fingerprint density at radius 3 is 2.70 bits per heavy atom. The second-order valence-electron chi connectivity index (χ2n) is 7.19. The summed E-state index contributed by atoms with van der Waals surface area (Å²) in [6.07, 6.45) is 2.36. The lowest BCUT2D eigenvalue weighted by molar-refractivity contribution is 0.0941. The Morgan fingerprint density at radius 2 is 2.03 bits per heavy atom. The Morgan fingerprint density at radius 1 is 1.23 bits per heavy atom. The third-order valence-electron chi connectivity index (χ3n) is 4.87. The number of hydrogen-bond acceptors (Lipinski definition) is 5. The van der Waals surface area contributed by atoms with Gasteiger partial charge in [0.15, 0.2) is 0 Å². The van der Waals surface area contributed by atoms with Crippen LogP contribution in [0.4, 0.5) is 5.82 Å². The van der Waals surface area contributed by atoms with Crippen LogP contribution in [0.5, 0.6) is 0 Å². The molecule has 0 bridgehead atoms. The fraction of sp³-hybridized carbons (Fsp3) is 0.333. The number of nitrogens with zero attached hydrogens (tertiary/aromatic N) is 3. The Kier molecular flexibility index (Phi) is 6.63. The number of nitrogens with one attached hydrogen (secondary N) is 4. The van der Waals surface area contributed by atoms with Gasteiger partial charge in [0.05, 0.1) is 6.54 Å². The van der Waals surface area contributed by atoms with Gasteiger partial charge in [-0.1, -0.05) is 6.07 Å². The maximum Gasteiger partial charge on any atom is 0.268 e. The molecular formula is C21H27N7O2. The van der Waals surface area contributed by atoms with E-state index in [1.807, 2.05) is 38.6 Å². The number of pyridine rings is 1. The lowest BCUT2D eigenvalue weighted by Crippen LogP contribution is -2.27. The van der Waals surface area contributed by atoms with Gasteiger partial charge in [-0.3, -0.25) is 14.7 Å². The standard InChI is InChI=1S/C21H27N7O2/c1-13(10-15-8-9-24-27-15)25-20-14(2)17(12-22-3)19(28(20)4)21(30)23-11-16-6-5-7-18(29)26-16/h5-9,22H,10-12H2,1-4H3,(H,23,30)(H,24,27)(H,26,29). The molecular weight excluding hydrogens is 382 g/mol. The summed E-state index contributed by atoms with van der Waals surface area (Å²) in [5.41, 5.74) is 4.73. The first kappa shape index (κ1) is 21.3. The number of carbonyl (C=O) groups excluding carboxylic acids is 1. The number of carbonyl (C=O) groups is 1. The van der Waals surface area contributed by atoms with E-state index in [1.165, 1.54) is 6.07 Å². The third kappa shape index (κ3) is 4.74. The van der Waals surface area contributed by atoms with E-state index in [-0.39, 0.29) is 18.0 Å². The summed E-state index contributed by atoms with van der Waals surface area (Å²) in [5.74, 6) is 0.527. The summed E-state index contributed by atoms with van der Waals surface area (Å²) in [4.78, 5) is 32.0. The molecule has 0 aliphatic rings. The molecule has 3 heterocycles. The first-order valence-electron chi connectivity index (χ1n) is 9.72. The molecule has 0 aliphatic carbocycles. The number of H-pyrrole nitrogens is 2. The van der Waals surface area contributed by atoms with Crippen LogP contribution in [0.3, 0.4) is 0 Å². The Labute approximate surface area is 174 Å². The van der Waals surface area contributed by atoms with Crippen LogP contribution in [0.1, 0.15) is 39.9 Å². The normalized spacial score (nSPS) is 11.7. The van der Waals surface area contributed by atoms with Crippen molar-refractivity contribution in [1.82, 2.24) is 30.4 Å². The average Bonchev–Trinajstić information content (AvgIpc) is 3.29. The molecule has 0 aromatic carbocycles. The van der Waals surface area contributed by atoms with Gasteiger partial charge in [0.25, 0.3) is 5.91 Å². The van der Waals surface area contributed by atoms with Gasteiger partial charge in [0.1, 0.15) is 11.5 Å². The second-order valence-corrected chi connectivity index (χ2v) is 7.19. The molecule has 0 radical (unpaired) electrons. The molecule has 1 amide bonds. The van der Waals surface area contributed by atoms with Crippen LogP contribution in [0.15, 0.2) is 40.2 Å². The van der Waals surface area contributed by atoms with Crippen LogP contribution >= 0.6 is 0 Å². The minimum Gasteiger partial charge on any atom is -0.345 e. The number of aliphatic imine (C=N–C) groups is 1. The molecule has 0 atom stereocenters. The van der Waals surface area contributed by atoms with Crippen molar-refractivity contribution in [2.24, 2.45) is 12.0 Å². The quantitative estimate of drug-likeness (QED) is 0.424. The molecule has 9 heteroatoms. The van der Waals surface area contributed by atoms with Crippen molar-refractivity contribution in [2.45, 2.75) is 33.4 Å². The molecule has 158 valence electrons. The van der Waals surface area contributed by atoms with E-state index in [4.69, 9.17) is 4.99 Å². The molecule has 3 aromatic rings. The second kappa shape index (κ2) is 9.36. The van der Waals surface area contributed by atoms with Crippen LogP contribution in [0, 0.1) is 6.92 Å². The molecule has 30 heavy (non-hydrogen) atoms. The molecule has 0 saturated carbocycles. The summed E-state index contributed by atoms with van der Waals surface area (Å²) in [7, 11) is 3.68. The van der Waals surface area contributed by atoms with E-state index in [9.17, 15) is 9.59 Å². The molecule has 0 aliphatic heterocycles. The maximum atomic E-state index is 13.0. The Bertz CT molecular complexity index is 1110. The van der Waals surface area contributed by atoms with Gasteiger partial charge in [0.2, 0.25) is 5.56 Å². The summed E-state index contributed by atoms with van der Waals surface area (Å²) in [6.45, 7) is 4.70. The molecule has 3 aromatic heterocycles. The fourth-order valence-electron chi connectivity index (χ4n) is 3.45. The molecule has 3 rings (SSSR count). The highest BCUT2D eigenvalue weighted by atomic mass is 16.2. The average molecular weight is 409 g/mol. The molecule has 0 unspecified atom stereocenters. The van der Waals surface area contributed by atoms with E-state index in [0.29, 0.717) is 24.4 Å². The molecule has 0 saturated heterocycles. The minimum atomic E-state index is -0.219. The van der Waals surface area contributed by atoms with Gasteiger partial charge in [-0.05, 0) is 38.6 Å². The van der Waals surface area contributed by atoms with Crippen molar-refractivity contribution >= 4 is 17.4 Å². The van der Waals surface area contributed by atoms with Gasteiger partial charge in [-0.15, -0.1) is 0 Å². The maximum absolute atomic E-state index is 13.0. The predicted octanol–water partition coefficient (Wildman–Crippen LogP) is 1.73. The first-order chi connectivity index (χ1) is 14.4. The summed E-state index contributed by atoms with van der Waals surface area (Å²) < 4.78 is 1.82. The van der Waals surface area contributed by atoms with Crippen molar-refractivity contribution in [1.29, 1.82) is 0 Å². The van der Waals surface area contributed by atoms with E-state index >= 15 is 0 Å². The molecule has 4 N–H and O–H groups in total. The zero-order valence-electron chi connectivity index (χ0n) is 17.7. The predicted molar refractivity (Wildman–Crippen MR) is 116 cm³/mol. The van der Waals surface area contributed by atoms with E-state index in [2.05, 4.69) is 25.8 Å². The van der Waals surface area contributed by atoms with E-state index in [1.54, 1.807) is 18.3 Å². The van der Waals surface area contributed by atoms with Crippen molar-refractivity contribution in [2.75, 3.05) is 7.05 Å². The molecule has 9 nitrogen and oxygen atoms in total. The number of hydrogen-bond donors (Lipinski definition) is 4. The smallest absolute Gasteiger partial charge is 0.268 e. The third-order valence-corrected chi connectivity index (χ3v) is 4.87. The lowest BCUT2D eigenvalue weighted by atomic mass is 10.1. The van der Waals surface area contributed by atoms with Crippen LogP contribution in [-0.2, 0) is 26.6 Å². The number of aromatic amines is 2. The topological polar surface area (TPSA) is 120 Å². The van der Waals surface area contributed by atoms with Gasteiger partial charge >= 0.3 is 0 Å². The summed E-state index contributed by atoms with van der Waals surface area (Å²) in [6, 6.07) is 6.78. The van der Waals surface area contributed by atoms with Gasteiger partial charge < -0.3 is 20.2 Å². The van der Waals surface area contributed by atoms with E-state index < -0.39 is 0 Å². The SMILES string of the molecule is CNCc1c(C)c(N=C(C)Cc2ccn[nH]2)n(C)c1C(=O)NCc1cccc(=O)[nH]1. The van der Waals surface area contributed by atoms with Crippen molar-refractivity contribution < 1.29 is 4.79 Å². The largest absolute Gasteiger partial charge is 0.345 e. The Balaban J connectivity index is 1.88. The van der Waals surface area contributed by atoms with Gasteiger partial charge in [-0.25, -0.2) is 4.99 Å². The molecule has 0 fully saturated rings. The van der Waals surface area contributed by atoms with Gasteiger partial charge in [0, 0.05) is 54.9 Å². The highest BCUT2D eigenvalue weighted by molar-refractivity contribution is 5.96. The number of rotatable bonds is 8. The first-order valence-corrected chi connectivity index (χ1v) is 9.72. The van der Waals surface area contributed by atoms with Crippen LogP contribution < -0.4 is 16.2 Å². The zero-order valence-corrected chi connectivity index (χ0v) is 17.7. The van der Waals surface area contributed by atoms with Crippen LogP contribution in [-0.4, -0.2) is 38.4 Å². The monoisotopic (exact) mass is 409 g/mol. The van der Waals surface area contributed by atoms with E-state index in [0.717, 1.165) is 28.4 Å².